The average molecular weight is 586 g/mol. The number of carbonyl (C=O) groups excluding carboxylic acids is 2. The number of methoxy groups -OCH3 is 1. The Bertz CT molecular complexity index is 1500. The van der Waals surface area contributed by atoms with Gasteiger partial charge >= 0.3 is 12.3 Å². The van der Waals surface area contributed by atoms with Gasteiger partial charge in [0.1, 0.15) is 0 Å². The minimum Gasteiger partial charge on any atom is -0.478 e. The van der Waals surface area contributed by atoms with Crippen molar-refractivity contribution < 1.29 is 50.9 Å². The molecule has 4 rings (SSSR count). The predicted molar refractivity (Wildman–Crippen MR) is 134 cm³/mol. The van der Waals surface area contributed by atoms with Gasteiger partial charge in [-0.2, -0.15) is 13.2 Å². The number of anilines is 1. The van der Waals surface area contributed by atoms with Crippen molar-refractivity contribution in [1.82, 2.24) is 0 Å². The van der Waals surface area contributed by atoms with Crippen molar-refractivity contribution in [3.05, 3.63) is 76.3 Å². The third-order valence-electron chi connectivity index (χ3n) is 6.69. The molecule has 0 saturated heterocycles. The summed E-state index contributed by atoms with van der Waals surface area (Å²) in [5.41, 5.74) is -4.37. The van der Waals surface area contributed by atoms with E-state index < -0.39 is 65.1 Å². The summed E-state index contributed by atoms with van der Waals surface area (Å²) in [4.78, 5) is 24.2. The Hall–Kier alpha value is -3.90. The maximum atomic E-state index is 14.9. The molecule has 0 bridgehead atoms. The van der Waals surface area contributed by atoms with Crippen molar-refractivity contribution in [1.29, 1.82) is 0 Å². The van der Waals surface area contributed by atoms with E-state index in [1.54, 1.807) is 0 Å². The minimum absolute atomic E-state index is 0.143. The Balaban J connectivity index is 1.74. The van der Waals surface area contributed by atoms with Crippen LogP contribution in [0.1, 0.15) is 24.0 Å². The third-order valence-corrected chi connectivity index (χ3v) is 7.02. The van der Waals surface area contributed by atoms with Crippen molar-refractivity contribution in [2.24, 2.45) is 0 Å². The fraction of sp³-hybridized carbons (Fsp3) is 0.259. The van der Waals surface area contributed by atoms with Gasteiger partial charge in [0.15, 0.2) is 35.3 Å². The Kier molecular flexibility index (Phi) is 7.70. The molecule has 0 spiro atoms. The molecule has 0 aromatic heterocycles. The number of ether oxygens (including phenoxy) is 3. The Morgan fingerprint density at radius 1 is 1.07 bits per heavy atom. The van der Waals surface area contributed by atoms with Gasteiger partial charge in [0.05, 0.1) is 12.8 Å². The van der Waals surface area contributed by atoms with Crippen LogP contribution in [-0.4, -0.2) is 44.1 Å². The van der Waals surface area contributed by atoms with Gasteiger partial charge in [0.25, 0.3) is 5.91 Å². The van der Waals surface area contributed by atoms with Gasteiger partial charge in [0.2, 0.25) is 0 Å². The van der Waals surface area contributed by atoms with Crippen LogP contribution in [0.4, 0.5) is 32.4 Å². The first-order chi connectivity index (χ1) is 18.7. The summed E-state index contributed by atoms with van der Waals surface area (Å²) in [5, 5.41) is 11.0. The standard InChI is InChI=1S/C27H21ClF5NO6/c1-13(17-6-4-14(8-18(17)28)15-5-7-22(19(29)9-15)40-25(36)38-3)26(37,27(31,32)33)16-10-20(30)24-21(11-16)34(2)23(35)12-39-24/h4-11,13,37H,12H2,1-3H3. The van der Waals surface area contributed by atoms with Gasteiger partial charge in [-0.05, 0) is 52.6 Å². The summed E-state index contributed by atoms with van der Waals surface area (Å²) < 4.78 is 86.9. The van der Waals surface area contributed by atoms with Crippen LogP contribution >= 0.6 is 11.6 Å². The number of likely N-dealkylation sites (N-methyl/N-ethyl adjacent to an activating group) is 1. The molecular weight excluding hydrogens is 565 g/mol. The summed E-state index contributed by atoms with van der Waals surface area (Å²) in [6.07, 6.45) is -6.44. The molecule has 3 aromatic carbocycles. The molecule has 1 aliphatic heterocycles. The van der Waals surface area contributed by atoms with Crippen LogP contribution in [0.5, 0.6) is 11.5 Å². The van der Waals surface area contributed by atoms with Crippen LogP contribution in [-0.2, 0) is 15.1 Å². The highest BCUT2D eigenvalue weighted by Crippen LogP contribution is 2.52. The van der Waals surface area contributed by atoms with Gasteiger partial charge in [-0.15, -0.1) is 0 Å². The zero-order valence-corrected chi connectivity index (χ0v) is 21.9. The normalized spacial score (nSPS) is 15.6. The van der Waals surface area contributed by atoms with E-state index >= 15 is 0 Å². The first-order valence-corrected chi connectivity index (χ1v) is 11.9. The molecule has 2 unspecified atom stereocenters. The molecule has 0 radical (unpaired) electrons. The van der Waals surface area contributed by atoms with E-state index in [9.17, 15) is 36.6 Å². The number of halogens is 6. The number of hydrogen-bond donors (Lipinski definition) is 1. The van der Waals surface area contributed by atoms with Gasteiger partial charge in [-0.25, -0.2) is 13.6 Å². The third kappa shape index (κ3) is 5.04. The Labute approximate surface area is 229 Å². The van der Waals surface area contributed by atoms with E-state index in [-0.39, 0.29) is 21.8 Å². The lowest BCUT2D eigenvalue weighted by atomic mass is 9.77. The summed E-state index contributed by atoms with van der Waals surface area (Å²) in [6, 6.07) is 8.78. The molecule has 0 saturated carbocycles. The SMILES string of the molecule is COC(=O)Oc1ccc(-c2ccc(C(C)C(O)(c3cc(F)c4c(c3)N(C)C(=O)CO4)C(F)(F)F)c(Cl)c2)cc1F. The smallest absolute Gasteiger partial charge is 0.478 e. The first kappa shape index (κ1) is 29.1. The number of hydrogen-bond acceptors (Lipinski definition) is 6. The average Bonchev–Trinajstić information content (AvgIpc) is 2.90. The topological polar surface area (TPSA) is 85.3 Å². The van der Waals surface area contributed by atoms with Gasteiger partial charge in [-0.3, -0.25) is 4.79 Å². The molecule has 7 nitrogen and oxygen atoms in total. The number of amides is 1. The minimum atomic E-state index is -5.31. The lowest BCUT2D eigenvalue weighted by Gasteiger charge is -2.38. The molecule has 1 aliphatic rings. The molecule has 0 fully saturated rings. The lowest BCUT2D eigenvalue weighted by molar-refractivity contribution is -0.274. The predicted octanol–water partition coefficient (Wildman–Crippen LogP) is 6.34. The number of rotatable bonds is 5. The van der Waals surface area contributed by atoms with Gasteiger partial charge in [-0.1, -0.05) is 36.7 Å². The second-order valence-corrected chi connectivity index (χ2v) is 9.38. The van der Waals surface area contributed by atoms with E-state index in [0.29, 0.717) is 11.6 Å². The van der Waals surface area contributed by atoms with Crippen LogP contribution in [0.25, 0.3) is 11.1 Å². The van der Waals surface area contributed by atoms with Crippen LogP contribution in [0.2, 0.25) is 5.02 Å². The molecule has 0 aliphatic carbocycles. The number of fused-ring (bicyclic) bond motifs is 1. The molecule has 1 heterocycles. The molecule has 13 heteroatoms. The summed E-state index contributed by atoms with van der Waals surface area (Å²) in [6.45, 7) is 0.572. The van der Waals surface area contributed by atoms with E-state index in [0.717, 1.165) is 37.1 Å². The maximum absolute atomic E-state index is 14.9. The highest BCUT2D eigenvalue weighted by Gasteiger charge is 2.59. The maximum Gasteiger partial charge on any atom is 0.513 e. The second kappa shape index (κ2) is 10.6. The van der Waals surface area contributed by atoms with Crippen molar-refractivity contribution >= 4 is 29.4 Å². The highest BCUT2D eigenvalue weighted by molar-refractivity contribution is 6.31. The molecule has 1 amide bonds. The van der Waals surface area contributed by atoms with E-state index in [4.69, 9.17) is 16.3 Å². The van der Waals surface area contributed by atoms with Crippen LogP contribution in [0.15, 0.2) is 48.5 Å². The van der Waals surface area contributed by atoms with Crippen LogP contribution < -0.4 is 14.4 Å². The van der Waals surface area contributed by atoms with Crippen molar-refractivity contribution in [3.63, 3.8) is 0 Å². The summed E-state index contributed by atoms with van der Waals surface area (Å²) in [5.74, 6) is -5.32. The summed E-state index contributed by atoms with van der Waals surface area (Å²) >= 11 is 6.36. The number of benzene rings is 3. The van der Waals surface area contributed by atoms with E-state index in [1.807, 2.05) is 0 Å². The van der Waals surface area contributed by atoms with Crippen molar-refractivity contribution in [2.75, 3.05) is 25.7 Å². The number of nitrogens with zero attached hydrogens (tertiary/aromatic N) is 1. The van der Waals surface area contributed by atoms with Crippen LogP contribution in [0, 0.1) is 11.6 Å². The van der Waals surface area contributed by atoms with Gasteiger partial charge < -0.3 is 24.2 Å². The molecular formula is C27H21ClF5NO6. The molecule has 212 valence electrons. The van der Waals surface area contributed by atoms with Gasteiger partial charge in [0, 0.05) is 18.0 Å². The Morgan fingerprint density at radius 2 is 1.73 bits per heavy atom. The first-order valence-electron chi connectivity index (χ1n) is 11.6. The zero-order chi connectivity index (χ0) is 29.6. The summed E-state index contributed by atoms with van der Waals surface area (Å²) in [7, 11) is 2.30. The van der Waals surface area contributed by atoms with Crippen molar-refractivity contribution in [3.8, 4) is 22.6 Å². The fourth-order valence-electron chi connectivity index (χ4n) is 4.39. The Morgan fingerprint density at radius 3 is 2.33 bits per heavy atom. The number of alkyl halides is 3. The molecule has 3 aromatic rings. The fourth-order valence-corrected chi connectivity index (χ4v) is 4.74. The zero-order valence-electron chi connectivity index (χ0n) is 21.1. The number of carbonyl (C=O) groups is 2. The second-order valence-electron chi connectivity index (χ2n) is 8.97. The molecule has 2 atom stereocenters. The van der Waals surface area contributed by atoms with E-state index in [1.165, 1.54) is 31.3 Å². The lowest BCUT2D eigenvalue weighted by Crippen LogP contribution is -2.47. The number of aliphatic hydroxyl groups is 1. The monoisotopic (exact) mass is 585 g/mol. The molecule has 40 heavy (non-hydrogen) atoms. The van der Waals surface area contributed by atoms with Crippen molar-refractivity contribution in [2.45, 2.75) is 24.6 Å². The quantitative estimate of drug-likeness (QED) is 0.214. The molecule has 1 N–H and O–H groups in total. The van der Waals surface area contributed by atoms with E-state index in [2.05, 4.69) is 9.47 Å². The largest absolute Gasteiger partial charge is 0.513 e. The highest BCUT2D eigenvalue weighted by atomic mass is 35.5. The van der Waals surface area contributed by atoms with Crippen LogP contribution in [0.3, 0.4) is 0 Å².